The number of fused-ring (bicyclic) bond motifs is 9. The van der Waals surface area contributed by atoms with E-state index in [-0.39, 0.29) is 0 Å². The maximum atomic E-state index is 6.27. The molecule has 7 aromatic carbocycles. The van der Waals surface area contributed by atoms with Crippen LogP contribution in [-0.4, -0.2) is 19.5 Å². The molecular weight excluding hydrogens is 564 g/mol. The SMILES string of the molecule is c1ccc2c(-c3nc(-c4ccc5c(c4)oc4ccccc45)nc(-n4c5ccccc5c5c6ccccc6ccc54)n3)cccc2c1. The Morgan fingerprint density at radius 3 is 2.00 bits per heavy atom. The zero-order valence-corrected chi connectivity index (χ0v) is 24.6. The van der Waals surface area contributed by atoms with Gasteiger partial charge in [-0.05, 0) is 51.9 Å². The molecule has 0 amide bonds. The quantitative estimate of drug-likeness (QED) is 0.206. The molecule has 0 fully saturated rings. The number of hydrogen-bond acceptors (Lipinski definition) is 4. The van der Waals surface area contributed by atoms with Gasteiger partial charge in [0.05, 0.1) is 11.0 Å². The monoisotopic (exact) mass is 588 g/mol. The smallest absolute Gasteiger partial charge is 0.238 e. The molecule has 0 spiro atoms. The number of nitrogens with zero attached hydrogens (tertiary/aromatic N) is 4. The zero-order chi connectivity index (χ0) is 30.2. The molecular formula is C41H24N4O. The van der Waals surface area contributed by atoms with Crippen LogP contribution in [0.3, 0.4) is 0 Å². The number of furan rings is 1. The Balaban J connectivity index is 1.29. The Kier molecular flexibility index (Phi) is 5.22. The molecule has 0 saturated heterocycles. The second-order valence-corrected chi connectivity index (χ2v) is 11.7. The van der Waals surface area contributed by atoms with E-state index < -0.39 is 0 Å². The highest BCUT2D eigenvalue weighted by Gasteiger charge is 2.20. The highest BCUT2D eigenvalue weighted by molar-refractivity contribution is 6.21. The second kappa shape index (κ2) is 9.58. The summed E-state index contributed by atoms with van der Waals surface area (Å²) in [4.78, 5) is 15.5. The molecule has 0 aliphatic rings. The molecule has 0 radical (unpaired) electrons. The van der Waals surface area contributed by atoms with Crippen molar-refractivity contribution < 1.29 is 4.42 Å². The Morgan fingerprint density at radius 2 is 1.11 bits per heavy atom. The van der Waals surface area contributed by atoms with Crippen LogP contribution in [0.5, 0.6) is 0 Å². The van der Waals surface area contributed by atoms with E-state index in [1.807, 2.05) is 24.3 Å². The van der Waals surface area contributed by atoms with Crippen molar-refractivity contribution >= 4 is 65.3 Å². The van der Waals surface area contributed by atoms with Crippen LogP contribution in [0, 0.1) is 0 Å². The molecule has 5 nitrogen and oxygen atoms in total. The minimum absolute atomic E-state index is 0.569. The molecule has 0 aliphatic carbocycles. The fourth-order valence-corrected chi connectivity index (χ4v) is 6.95. The Hall–Kier alpha value is -6.33. The van der Waals surface area contributed by atoms with E-state index >= 15 is 0 Å². The van der Waals surface area contributed by atoms with Crippen LogP contribution in [0.15, 0.2) is 150 Å². The summed E-state index contributed by atoms with van der Waals surface area (Å²) in [5.74, 6) is 1.77. The third-order valence-corrected chi connectivity index (χ3v) is 9.05. The minimum atomic E-state index is 0.569. The van der Waals surface area contributed by atoms with Gasteiger partial charge in [0.15, 0.2) is 11.6 Å². The fourth-order valence-electron chi connectivity index (χ4n) is 6.95. The van der Waals surface area contributed by atoms with Crippen LogP contribution < -0.4 is 0 Å². The van der Waals surface area contributed by atoms with Crippen molar-refractivity contribution in [2.75, 3.05) is 0 Å². The van der Waals surface area contributed by atoms with Crippen LogP contribution in [-0.2, 0) is 0 Å². The van der Waals surface area contributed by atoms with Gasteiger partial charge >= 0.3 is 0 Å². The molecule has 3 aromatic heterocycles. The molecule has 3 heterocycles. The third kappa shape index (κ3) is 3.66. The molecule has 214 valence electrons. The molecule has 10 rings (SSSR count). The lowest BCUT2D eigenvalue weighted by molar-refractivity contribution is 0.669. The van der Waals surface area contributed by atoms with Crippen molar-refractivity contribution in [3.8, 4) is 28.7 Å². The number of para-hydroxylation sites is 2. The summed E-state index contributed by atoms with van der Waals surface area (Å²) in [5, 5.41) is 9.13. The van der Waals surface area contributed by atoms with Gasteiger partial charge in [0.1, 0.15) is 11.2 Å². The van der Waals surface area contributed by atoms with E-state index in [4.69, 9.17) is 19.4 Å². The molecule has 5 heteroatoms. The maximum absolute atomic E-state index is 6.27. The summed E-state index contributed by atoms with van der Waals surface area (Å²) in [6.45, 7) is 0. The summed E-state index contributed by atoms with van der Waals surface area (Å²) < 4.78 is 8.45. The number of aromatic nitrogens is 4. The first kappa shape index (κ1) is 25.0. The lowest BCUT2D eigenvalue weighted by Gasteiger charge is -2.12. The predicted molar refractivity (Wildman–Crippen MR) is 187 cm³/mol. The highest BCUT2D eigenvalue weighted by Crippen LogP contribution is 2.38. The molecule has 0 saturated carbocycles. The third-order valence-electron chi connectivity index (χ3n) is 9.05. The molecule has 0 atom stereocenters. The minimum Gasteiger partial charge on any atom is -0.456 e. The topological polar surface area (TPSA) is 56.7 Å². The van der Waals surface area contributed by atoms with Crippen molar-refractivity contribution in [3.05, 3.63) is 146 Å². The van der Waals surface area contributed by atoms with E-state index in [1.54, 1.807) is 0 Å². The van der Waals surface area contributed by atoms with Gasteiger partial charge in [-0.1, -0.05) is 115 Å². The Labute approximate surface area is 263 Å². The zero-order valence-electron chi connectivity index (χ0n) is 24.6. The van der Waals surface area contributed by atoms with Crippen LogP contribution in [0.25, 0.3) is 94.0 Å². The van der Waals surface area contributed by atoms with E-state index in [9.17, 15) is 0 Å². The number of hydrogen-bond donors (Lipinski definition) is 0. The summed E-state index contributed by atoms with van der Waals surface area (Å²) >= 11 is 0. The van der Waals surface area contributed by atoms with Gasteiger partial charge in [-0.25, -0.2) is 4.98 Å². The average molecular weight is 589 g/mol. The molecule has 0 N–H and O–H groups in total. The molecule has 46 heavy (non-hydrogen) atoms. The first-order valence-electron chi connectivity index (χ1n) is 15.4. The molecule has 10 aromatic rings. The van der Waals surface area contributed by atoms with Gasteiger partial charge in [-0.15, -0.1) is 0 Å². The number of rotatable bonds is 3. The van der Waals surface area contributed by atoms with Gasteiger partial charge in [0.25, 0.3) is 0 Å². The van der Waals surface area contributed by atoms with E-state index in [2.05, 4.69) is 126 Å². The summed E-state index contributed by atoms with van der Waals surface area (Å²) in [5.41, 5.74) is 5.58. The lowest BCUT2D eigenvalue weighted by atomic mass is 10.0. The van der Waals surface area contributed by atoms with E-state index in [0.717, 1.165) is 60.3 Å². The Bertz CT molecular complexity index is 2820. The van der Waals surface area contributed by atoms with Gasteiger partial charge in [0.2, 0.25) is 5.95 Å². The number of benzene rings is 7. The average Bonchev–Trinajstić information content (AvgIpc) is 3.67. The lowest BCUT2D eigenvalue weighted by Crippen LogP contribution is -2.06. The maximum Gasteiger partial charge on any atom is 0.238 e. The highest BCUT2D eigenvalue weighted by atomic mass is 16.3. The fraction of sp³-hybridized carbons (Fsp3) is 0. The van der Waals surface area contributed by atoms with Crippen molar-refractivity contribution in [1.82, 2.24) is 19.5 Å². The first-order valence-corrected chi connectivity index (χ1v) is 15.4. The predicted octanol–water partition coefficient (Wildman–Crippen LogP) is 10.5. The van der Waals surface area contributed by atoms with Gasteiger partial charge in [-0.3, -0.25) is 4.57 Å². The van der Waals surface area contributed by atoms with Gasteiger partial charge in [0, 0.05) is 32.7 Å². The van der Waals surface area contributed by atoms with Crippen molar-refractivity contribution in [1.29, 1.82) is 0 Å². The van der Waals surface area contributed by atoms with Crippen LogP contribution in [0.2, 0.25) is 0 Å². The van der Waals surface area contributed by atoms with Crippen LogP contribution in [0.4, 0.5) is 0 Å². The van der Waals surface area contributed by atoms with Crippen molar-refractivity contribution in [2.24, 2.45) is 0 Å². The normalized spacial score (nSPS) is 11.9. The van der Waals surface area contributed by atoms with Gasteiger partial charge < -0.3 is 4.42 Å². The van der Waals surface area contributed by atoms with Crippen LogP contribution in [0.1, 0.15) is 0 Å². The van der Waals surface area contributed by atoms with Crippen molar-refractivity contribution in [2.45, 2.75) is 0 Å². The molecule has 0 aliphatic heterocycles. The van der Waals surface area contributed by atoms with E-state index in [0.29, 0.717) is 17.6 Å². The van der Waals surface area contributed by atoms with Gasteiger partial charge in [-0.2, -0.15) is 9.97 Å². The molecule has 0 unspecified atom stereocenters. The first-order chi connectivity index (χ1) is 22.8. The largest absolute Gasteiger partial charge is 0.456 e. The van der Waals surface area contributed by atoms with Crippen molar-refractivity contribution in [3.63, 3.8) is 0 Å². The standard InChI is InChI=1S/C41H24N4O/c1-3-13-28-25(10-1)12-9-17-32(28)40-42-39(27-20-22-31-30-15-6-8-19-36(30)46-37(31)24-27)43-41(44-40)45-34-18-7-5-16-33(34)38-29-14-4-2-11-26(29)21-23-35(38)45/h1-24H. The second-order valence-electron chi connectivity index (χ2n) is 11.7. The summed E-state index contributed by atoms with van der Waals surface area (Å²) in [6.07, 6.45) is 0. The van der Waals surface area contributed by atoms with Crippen LogP contribution >= 0.6 is 0 Å². The Morgan fingerprint density at radius 1 is 0.435 bits per heavy atom. The summed E-state index contributed by atoms with van der Waals surface area (Å²) in [7, 11) is 0. The molecule has 0 bridgehead atoms. The van der Waals surface area contributed by atoms with E-state index in [1.165, 1.54) is 16.2 Å². The summed E-state index contributed by atoms with van der Waals surface area (Å²) in [6, 6.07) is 50.4.